The molecule has 0 aliphatic carbocycles. The molecule has 2 heteroatoms. The number of nitrogens with two attached hydrogens (primary N) is 1. The van der Waals surface area contributed by atoms with Gasteiger partial charge in [0.25, 0.3) is 0 Å². The van der Waals surface area contributed by atoms with Gasteiger partial charge in [-0.1, -0.05) is 42.0 Å². The van der Waals surface area contributed by atoms with Crippen LogP contribution in [-0.2, 0) is 6.42 Å². The standard InChI is InChI=1S/C17H22N2/c1-13-5-4-6-14(11-13)12-17(18)15-7-9-16(10-8-15)19(2)3/h4-11,17H,12,18H2,1-3H3. The van der Waals surface area contributed by atoms with Crippen LogP contribution < -0.4 is 10.6 Å². The minimum atomic E-state index is 0.0537. The summed E-state index contributed by atoms with van der Waals surface area (Å²) in [6, 6.07) is 17.1. The zero-order valence-electron chi connectivity index (χ0n) is 11.9. The van der Waals surface area contributed by atoms with E-state index in [1.807, 2.05) is 14.1 Å². The fraction of sp³-hybridized carbons (Fsp3) is 0.294. The molecular formula is C17H22N2. The smallest absolute Gasteiger partial charge is 0.0361 e. The number of benzene rings is 2. The molecule has 2 aromatic rings. The first kappa shape index (κ1) is 13.6. The molecule has 1 unspecified atom stereocenters. The molecule has 0 aromatic heterocycles. The second kappa shape index (κ2) is 5.89. The van der Waals surface area contributed by atoms with E-state index in [1.165, 1.54) is 22.4 Å². The Morgan fingerprint density at radius 2 is 1.74 bits per heavy atom. The van der Waals surface area contributed by atoms with Gasteiger partial charge in [0, 0.05) is 25.8 Å². The molecule has 0 heterocycles. The lowest BCUT2D eigenvalue weighted by Gasteiger charge is -2.16. The quantitative estimate of drug-likeness (QED) is 0.907. The second-order valence-corrected chi connectivity index (χ2v) is 5.29. The summed E-state index contributed by atoms with van der Waals surface area (Å²) in [5, 5.41) is 0. The van der Waals surface area contributed by atoms with Gasteiger partial charge in [-0.05, 0) is 36.6 Å². The molecule has 0 fully saturated rings. The van der Waals surface area contributed by atoms with Crippen LogP contribution in [0.5, 0.6) is 0 Å². The summed E-state index contributed by atoms with van der Waals surface area (Å²) in [6.07, 6.45) is 0.878. The summed E-state index contributed by atoms with van der Waals surface area (Å²) >= 11 is 0. The van der Waals surface area contributed by atoms with Crippen LogP contribution in [0.3, 0.4) is 0 Å². The van der Waals surface area contributed by atoms with Crippen molar-refractivity contribution in [3.63, 3.8) is 0 Å². The highest BCUT2D eigenvalue weighted by Crippen LogP contribution is 2.20. The molecule has 0 saturated heterocycles. The molecule has 2 N–H and O–H groups in total. The highest BCUT2D eigenvalue weighted by Gasteiger charge is 2.07. The molecule has 0 saturated carbocycles. The van der Waals surface area contributed by atoms with E-state index >= 15 is 0 Å². The van der Waals surface area contributed by atoms with E-state index < -0.39 is 0 Å². The van der Waals surface area contributed by atoms with E-state index in [1.54, 1.807) is 0 Å². The molecule has 2 rings (SSSR count). The maximum Gasteiger partial charge on any atom is 0.0361 e. The van der Waals surface area contributed by atoms with E-state index in [4.69, 9.17) is 5.73 Å². The van der Waals surface area contributed by atoms with Crippen LogP contribution in [-0.4, -0.2) is 14.1 Å². The number of hydrogen-bond donors (Lipinski definition) is 1. The number of aryl methyl sites for hydroxylation is 1. The number of hydrogen-bond acceptors (Lipinski definition) is 2. The maximum atomic E-state index is 6.29. The van der Waals surface area contributed by atoms with Gasteiger partial charge in [0.1, 0.15) is 0 Å². The third kappa shape index (κ3) is 3.58. The van der Waals surface area contributed by atoms with Gasteiger partial charge >= 0.3 is 0 Å². The van der Waals surface area contributed by atoms with Crippen molar-refractivity contribution in [2.45, 2.75) is 19.4 Å². The molecule has 0 aliphatic heterocycles. The first-order valence-electron chi connectivity index (χ1n) is 6.64. The van der Waals surface area contributed by atoms with Gasteiger partial charge in [0.05, 0.1) is 0 Å². The second-order valence-electron chi connectivity index (χ2n) is 5.29. The van der Waals surface area contributed by atoms with Gasteiger partial charge in [-0.2, -0.15) is 0 Å². The largest absolute Gasteiger partial charge is 0.378 e. The number of rotatable bonds is 4. The van der Waals surface area contributed by atoms with Gasteiger partial charge in [0.15, 0.2) is 0 Å². The van der Waals surface area contributed by atoms with Crippen molar-refractivity contribution in [1.82, 2.24) is 0 Å². The van der Waals surface area contributed by atoms with Crippen molar-refractivity contribution < 1.29 is 0 Å². The Labute approximate surface area is 115 Å². The van der Waals surface area contributed by atoms with Crippen LogP contribution in [0.4, 0.5) is 5.69 Å². The molecule has 2 aromatic carbocycles. The summed E-state index contributed by atoms with van der Waals surface area (Å²) in [7, 11) is 4.09. The first-order chi connectivity index (χ1) is 9.06. The molecule has 19 heavy (non-hydrogen) atoms. The lowest BCUT2D eigenvalue weighted by molar-refractivity contribution is 0.721. The van der Waals surface area contributed by atoms with Crippen LogP contribution in [0.2, 0.25) is 0 Å². The summed E-state index contributed by atoms with van der Waals surface area (Å²) in [4.78, 5) is 2.09. The summed E-state index contributed by atoms with van der Waals surface area (Å²) in [6.45, 7) is 2.11. The van der Waals surface area contributed by atoms with Crippen molar-refractivity contribution >= 4 is 5.69 Å². The zero-order valence-corrected chi connectivity index (χ0v) is 11.9. The van der Waals surface area contributed by atoms with E-state index in [0.717, 1.165) is 6.42 Å². The van der Waals surface area contributed by atoms with Crippen molar-refractivity contribution in [1.29, 1.82) is 0 Å². The third-order valence-corrected chi connectivity index (χ3v) is 3.38. The topological polar surface area (TPSA) is 29.3 Å². The van der Waals surface area contributed by atoms with Gasteiger partial charge in [-0.25, -0.2) is 0 Å². The summed E-state index contributed by atoms with van der Waals surface area (Å²) in [5.41, 5.74) is 11.3. The third-order valence-electron chi connectivity index (χ3n) is 3.38. The predicted molar refractivity (Wildman–Crippen MR) is 82.6 cm³/mol. The van der Waals surface area contributed by atoms with Crippen molar-refractivity contribution in [3.05, 3.63) is 65.2 Å². The van der Waals surface area contributed by atoms with Gasteiger partial charge < -0.3 is 10.6 Å². The summed E-state index contributed by atoms with van der Waals surface area (Å²) in [5.74, 6) is 0. The van der Waals surface area contributed by atoms with Crippen molar-refractivity contribution in [2.24, 2.45) is 5.73 Å². The molecule has 0 spiro atoms. The highest BCUT2D eigenvalue weighted by molar-refractivity contribution is 5.46. The van der Waals surface area contributed by atoms with E-state index in [2.05, 4.69) is 60.4 Å². The molecule has 0 aliphatic rings. The molecule has 0 amide bonds. The Morgan fingerprint density at radius 1 is 1.05 bits per heavy atom. The van der Waals surface area contributed by atoms with Crippen LogP contribution in [0, 0.1) is 6.92 Å². The lowest BCUT2D eigenvalue weighted by atomic mass is 9.98. The SMILES string of the molecule is Cc1cccc(CC(N)c2ccc(N(C)C)cc2)c1. The van der Waals surface area contributed by atoms with Crippen LogP contribution in [0.15, 0.2) is 48.5 Å². The van der Waals surface area contributed by atoms with Crippen molar-refractivity contribution in [3.8, 4) is 0 Å². The minimum absolute atomic E-state index is 0.0537. The van der Waals surface area contributed by atoms with Crippen LogP contribution in [0.25, 0.3) is 0 Å². The normalized spacial score (nSPS) is 12.2. The summed E-state index contributed by atoms with van der Waals surface area (Å²) < 4.78 is 0. The van der Waals surface area contributed by atoms with E-state index in [9.17, 15) is 0 Å². The average molecular weight is 254 g/mol. The molecule has 2 nitrogen and oxygen atoms in total. The highest BCUT2D eigenvalue weighted by atomic mass is 15.1. The van der Waals surface area contributed by atoms with Gasteiger partial charge in [-0.3, -0.25) is 0 Å². The first-order valence-corrected chi connectivity index (χ1v) is 6.64. The van der Waals surface area contributed by atoms with Crippen LogP contribution in [0.1, 0.15) is 22.7 Å². The van der Waals surface area contributed by atoms with Crippen molar-refractivity contribution in [2.75, 3.05) is 19.0 Å². The Morgan fingerprint density at radius 3 is 2.32 bits per heavy atom. The zero-order chi connectivity index (χ0) is 13.8. The Balaban J connectivity index is 2.09. The monoisotopic (exact) mass is 254 g/mol. The Hall–Kier alpha value is -1.80. The predicted octanol–water partition coefficient (Wildman–Crippen LogP) is 3.30. The molecular weight excluding hydrogens is 232 g/mol. The molecule has 0 radical (unpaired) electrons. The maximum absolute atomic E-state index is 6.29. The van der Waals surface area contributed by atoms with Gasteiger partial charge in [0.2, 0.25) is 0 Å². The Bertz CT molecular complexity index is 529. The number of nitrogens with zero attached hydrogens (tertiary/aromatic N) is 1. The average Bonchev–Trinajstić information content (AvgIpc) is 2.39. The van der Waals surface area contributed by atoms with Crippen LogP contribution >= 0.6 is 0 Å². The van der Waals surface area contributed by atoms with E-state index in [0.29, 0.717) is 0 Å². The van der Waals surface area contributed by atoms with Gasteiger partial charge in [-0.15, -0.1) is 0 Å². The molecule has 1 atom stereocenters. The fourth-order valence-corrected chi connectivity index (χ4v) is 2.23. The fourth-order valence-electron chi connectivity index (χ4n) is 2.23. The molecule has 100 valence electrons. The lowest BCUT2D eigenvalue weighted by Crippen LogP contribution is -2.14. The Kier molecular flexibility index (Phi) is 4.23. The van der Waals surface area contributed by atoms with E-state index in [-0.39, 0.29) is 6.04 Å². The molecule has 0 bridgehead atoms. The minimum Gasteiger partial charge on any atom is -0.378 e. The number of anilines is 1.